The van der Waals surface area contributed by atoms with E-state index in [2.05, 4.69) is 22.4 Å². The molecule has 1 aromatic heterocycles. The summed E-state index contributed by atoms with van der Waals surface area (Å²) in [6, 6.07) is 8.20. The lowest BCUT2D eigenvalue weighted by Gasteiger charge is -2.33. The van der Waals surface area contributed by atoms with Gasteiger partial charge in [0.05, 0.1) is 11.5 Å². The van der Waals surface area contributed by atoms with Gasteiger partial charge in [0.2, 0.25) is 5.91 Å². The smallest absolute Gasteiger partial charge is 0.233 e. The second-order valence-electron chi connectivity index (χ2n) is 8.48. The van der Waals surface area contributed by atoms with Crippen LogP contribution in [0.4, 0.5) is 5.13 Å². The molecule has 2 aliphatic carbocycles. The normalized spacial score (nSPS) is 20.8. The summed E-state index contributed by atoms with van der Waals surface area (Å²) >= 11 is 1.45. The summed E-state index contributed by atoms with van der Waals surface area (Å²) in [6.07, 6.45) is 12.6. The Morgan fingerprint density at radius 2 is 1.86 bits per heavy atom. The maximum atomic E-state index is 13.1. The molecule has 0 saturated heterocycles. The maximum Gasteiger partial charge on any atom is 0.233 e. The van der Waals surface area contributed by atoms with Crippen LogP contribution in [0.15, 0.2) is 35.8 Å². The molecule has 4 nitrogen and oxygen atoms in total. The first-order valence-corrected chi connectivity index (χ1v) is 11.6. The summed E-state index contributed by atoms with van der Waals surface area (Å²) in [5.74, 6) is 0.488. The summed E-state index contributed by atoms with van der Waals surface area (Å²) in [6.45, 7) is 0. The molecule has 1 unspecified atom stereocenters. The first-order chi connectivity index (χ1) is 13.6. The molecule has 0 spiro atoms. The third kappa shape index (κ3) is 4.47. The monoisotopic (exact) mass is 398 g/mol. The third-order valence-electron chi connectivity index (χ3n) is 6.55. The van der Waals surface area contributed by atoms with Crippen molar-refractivity contribution >= 4 is 22.4 Å². The van der Waals surface area contributed by atoms with Crippen LogP contribution in [0.2, 0.25) is 0 Å². The molecule has 2 aliphatic rings. The summed E-state index contributed by atoms with van der Waals surface area (Å²) in [4.78, 5) is 17.3. The lowest BCUT2D eigenvalue weighted by Crippen LogP contribution is -2.28. The number of anilines is 1. The van der Waals surface area contributed by atoms with Gasteiger partial charge in [0.15, 0.2) is 5.13 Å². The second kappa shape index (κ2) is 8.75. The zero-order valence-electron chi connectivity index (χ0n) is 16.4. The zero-order chi connectivity index (χ0) is 19.4. The summed E-state index contributed by atoms with van der Waals surface area (Å²) in [7, 11) is 0. The first kappa shape index (κ1) is 19.6. The van der Waals surface area contributed by atoms with Gasteiger partial charge in [-0.15, -0.1) is 11.3 Å². The number of nitrogens with zero attached hydrogens (tertiary/aromatic N) is 1. The zero-order valence-corrected chi connectivity index (χ0v) is 17.2. The van der Waals surface area contributed by atoms with E-state index in [1.165, 1.54) is 43.4 Å². The van der Waals surface area contributed by atoms with E-state index in [0.29, 0.717) is 11.0 Å². The number of aromatic nitrogens is 1. The lowest BCUT2D eigenvalue weighted by atomic mass is 9.79. The van der Waals surface area contributed by atoms with Crippen molar-refractivity contribution in [2.45, 2.75) is 75.7 Å². The molecule has 0 radical (unpaired) electrons. The SMILES string of the molecule is O=C(Nc1nccs1)C(CC1CCCC1)c1ccc(C2(O)CCCCC2)cc1. The van der Waals surface area contributed by atoms with Gasteiger partial charge < -0.3 is 10.4 Å². The van der Waals surface area contributed by atoms with Gasteiger partial charge >= 0.3 is 0 Å². The minimum absolute atomic E-state index is 0.0333. The van der Waals surface area contributed by atoms with Crippen LogP contribution in [0.5, 0.6) is 0 Å². The number of hydrogen-bond acceptors (Lipinski definition) is 4. The predicted octanol–water partition coefficient (Wildman–Crippen LogP) is 5.60. The molecule has 1 heterocycles. The molecule has 4 rings (SSSR count). The molecule has 0 aliphatic heterocycles. The van der Waals surface area contributed by atoms with E-state index in [0.717, 1.165) is 43.2 Å². The number of carbonyl (C=O) groups is 1. The lowest BCUT2D eigenvalue weighted by molar-refractivity contribution is -0.118. The van der Waals surface area contributed by atoms with Gasteiger partial charge in [-0.1, -0.05) is 69.2 Å². The molecule has 2 N–H and O–H groups in total. The number of thiazole rings is 1. The van der Waals surface area contributed by atoms with Gasteiger partial charge in [0.25, 0.3) is 0 Å². The van der Waals surface area contributed by atoms with E-state index in [4.69, 9.17) is 0 Å². The van der Waals surface area contributed by atoms with Gasteiger partial charge in [0.1, 0.15) is 0 Å². The number of nitrogens with one attached hydrogen (secondary N) is 1. The van der Waals surface area contributed by atoms with Crippen molar-refractivity contribution in [2.24, 2.45) is 5.92 Å². The number of amides is 1. The predicted molar refractivity (Wildman–Crippen MR) is 113 cm³/mol. The number of aliphatic hydroxyl groups is 1. The van der Waals surface area contributed by atoms with Crippen molar-refractivity contribution in [3.8, 4) is 0 Å². The maximum absolute atomic E-state index is 13.1. The molecule has 5 heteroatoms. The molecule has 1 atom stereocenters. The van der Waals surface area contributed by atoms with E-state index >= 15 is 0 Å². The summed E-state index contributed by atoms with van der Waals surface area (Å²) < 4.78 is 0. The molecule has 2 saturated carbocycles. The summed E-state index contributed by atoms with van der Waals surface area (Å²) in [5.41, 5.74) is 1.35. The Hall–Kier alpha value is -1.72. The highest BCUT2D eigenvalue weighted by Crippen LogP contribution is 2.39. The minimum atomic E-state index is -0.694. The number of hydrogen-bond donors (Lipinski definition) is 2. The fourth-order valence-corrected chi connectivity index (χ4v) is 5.43. The van der Waals surface area contributed by atoms with Gasteiger partial charge in [-0.25, -0.2) is 4.98 Å². The van der Waals surface area contributed by atoms with Crippen LogP contribution in [0.25, 0.3) is 0 Å². The fourth-order valence-electron chi connectivity index (χ4n) is 4.90. The highest BCUT2D eigenvalue weighted by Gasteiger charge is 2.32. The molecule has 28 heavy (non-hydrogen) atoms. The summed E-state index contributed by atoms with van der Waals surface area (Å²) in [5, 5.41) is 16.5. The van der Waals surface area contributed by atoms with Crippen molar-refractivity contribution in [1.82, 2.24) is 4.98 Å². The Labute approximate surface area is 171 Å². The molecule has 1 amide bonds. The van der Waals surface area contributed by atoms with Crippen LogP contribution in [0, 0.1) is 5.92 Å². The average Bonchev–Trinajstić information content (AvgIpc) is 3.41. The molecule has 0 bridgehead atoms. The minimum Gasteiger partial charge on any atom is -0.385 e. The van der Waals surface area contributed by atoms with E-state index in [-0.39, 0.29) is 11.8 Å². The number of carbonyl (C=O) groups excluding carboxylic acids is 1. The highest BCUT2D eigenvalue weighted by molar-refractivity contribution is 7.13. The van der Waals surface area contributed by atoms with Gasteiger partial charge in [0, 0.05) is 11.6 Å². The number of benzene rings is 1. The number of rotatable bonds is 6. The quantitative estimate of drug-likeness (QED) is 0.666. The van der Waals surface area contributed by atoms with Crippen LogP contribution in [-0.2, 0) is 10.4 Å². The molecule has 150 valence electrons. The Kier molecular flexibility index (Phi) is 6.12. The average molecular weight is 399 g/mol. The van der Waals surface area contributed by atoms with Crippen LogP contribution in [0.3, 0.4) is 0 Å². The van der Waals surface area contributed by atoms with Crippen molar-refractivity contribution < 1.29 is 9.90 Å². The molecular formula is C23H30N2O2S. The van der Waals surface area contributed by atoms with Gasteiger partial charge in [-0.2, -0.15) is 0 Å². The van der Waals surface area contributed by atoms with Crippen molar-refractivity contribution in [3.05, 3.63) is 47.0 Å². The second-order valence-corrected chi connectivity index (χ2v) is 9.37. The van der Waals surface area contributed by atoms with E-state index < -0.39 is 5.60 Å². The van der Waals surface area contributed by atoms with E-state index in [1.54, 1.807) is 6.20 Å². The molecular weight excluding hydrogens is 368 g/mol. The Morgan fingerprint density at radius 1 is 1.14 bits per heavy atom. The first-order valence-electron chi connectivity index (χ1n) is 10.7. The van der Waals surface area contributed by atoms with E-state index in [9.17, 15) is 9.90 Å². The Morgan fingerprint density at radius 3 is 2.50 bits per heavy atom. The van der Waals surface area contributed by atoms with Gasteiger partial charge in [-0.3, -0.25) is 4.79 Å². The standard InChI is InChI=1S/C23H30N2O2S/c26-21(25-22-24-14-15-28-22)20(16-17-6-2-3-7-17)18-8-10-19(11-9-18)23(27)12-4-1-5-13-23/h8-11,14-15,17,20,27H,1-7,12-13,16H2,(H,24,25,26). The van der Waals surface area contributed by atoms with Crippen molar-refractivity contribution in [3.63, 3.8) is 0 Å². The van der Waals surface area contributed by atoms with Gasteiger partial charge in [-0.05, 0) is 36.3 Å². The molecule has 2 fully saturated rings. The Bertz CT molecular complexity index is 760. The van der Waals surface area contributed by atoms with Crippen LogP contribution in [-0.4, -0.2) is 16.0 Å². The topological polar surface area (TPSA) is 62.2 Å². The van der Waals surface area contributed by atoms with Crippen LogP contribution >= 0.6 is 11.3 Å². The molecule has 1 aromatic carbocycles. The largest absolute Gasteiger partial charge is 0.385 e. The van der Waals surface area contributed by atoms with Crippen LogP contribution < -0.4 is 5.32 Å². The van der Waals surface area contributed by atoms with E-state index in [1.807, 2.05) is 17.5 Å². The third-order valence-corrected chi connectivity index (χ3v) is 7.24. The highest BCUT2D eigenvalue weighted by atomic mass is 32.1. The Balaban J connectivity index is 1.53. The molecule has 2 aromatic rings. The van der Waals surface area contributed by atoms with Crippen molar-refractivity contribution in [1.29, 1.82) is 0 Å². The fraction of sp³-hybridized carbons (Fsp3) is 0.565. The van der Waals surface area contributed by atoms with Crippen molar-refractivity contribution in [2.75, 3.05) is 5.32 Å². The van der Waals surface area contributed by atoms with Crippen LogP contribution in [0.1, 0.15) is 81.3 Å².